The Hall–Kier alpha value is -6.52. The van der Waals surface area contributed by atoms with Gasteiger partial charge in [-0.1, -0.05) is 36.4 Å². The van der Waals surface area contributed by atoms with Gasteiger partial charge in [-0.2, -0.15) is 5.10 Å². The van der Waals surface area contributed by atoms with Crippen LogP contribution in [0.4, 0.5) is 10.1 Å². The fourth-order valence-corrected chi connectivity index (χ4v) is 8.67. The lowest BCUT2D eigenvalue weighted by atomic mass is 10.0. The van der Waals surface area contributed by atoms with Gasteiger partial charge in [0, 0.05) is 82.8 Å². The van der Waals surface area contributed by atoms with Crippen LogP contribution in [0.5, 0.6) is 5.75 Å². The Bertz CT molecular complexity index is 2560. The van der Waals surface area contributed by atoms with E-state index in [1.165, 1.54) is 13.0 Å². The number of hydrogen-bond donors (Lipinski definition) is 2. The molecule has 4 amide bonds. The first-order valence-corrected chi connectivity index (χ1v) is 21.4. The topological polar surface area (TPSA) is 170 Å². The molecule has 0 atom stereocenters. The third-order valence-corrected chi connectivity index (χ3v) is 12.1. The first kappa shape index (κ1) is 43.1. The molecule has 328 valence electrons. The number of anilines is 1. The second-order valence-corrected chi connectivity index (χ2v) is 16.3. The van der Waals surface area contributed by atoms with Gasteiger partial charge in [-0.05, 0) is 73.2 Å². The molecule has 0 saturated carbocycles. The van der Waals surface area contributed by atoms with E-state index in [2.05, 4.69) is 25.4 Å². The number of rotatable bonds is 11. The van der Waals surface area contributed by atoms with Gasteiger partial charge in [0.1, 0.15) is 11.6 Å². The average molecular weight is 859 g/mol. The van der Waals surface area contributed by atoms with E-state index in [0.29, 0.717) is 92.0 Å². The molecule has 15 nitrogen and oxygen atoms in total. The number of aromatic amines is 1. The molecule has 0 bridgehead atoms. The van der Waals surface area contributed by atoms with Crippen molar-refractivity contribution in [2.45, 2.75) is 51.2 Å². The fraction of sp³-hybridized carbons (Fsp3) is 0.383. The van der Waals surface area contributed by atoms with Crippen LogP contribution >= 0.6 is 0 Å². The smallest absolute Gasteiger partial charge is 0.274 e. The highest BCUT2D eigenvalue weighted by Crippen LogP contribution is 2.29. The van der Waals surface area contributed by atoms with Crippen LogP contribution < -0.4 is 15.6 Å². The number of carbonyl (C=O) groups is 4. The molecule has 16 heteroatoms. The van der Waals surface area contributed by atoms with Gasteiger partial charge in [0.15, 0.2) is 5.69 Å². The first-order valence-electron chi connectivity index (χ1n) is 21.4. The van der Waals surface area contributed by atoms with Crippen LogP contribution in [0.25, 0.3) is 21.9 Å². The van der Waals surface area contributed by atoms with Crippen LogP contribution in [0, 0.1) is 5.82 Å². The molecule has 5 heterocycles. The van der Waals surface area contributed by atoms with Crippen molar-refractivity contribution in [3.05, 3.63) is 118 Å². The Morgan fingerprint density at radius 2 is 1.46 bits per heavy atom. The summed E-state index contributed by atoms with van der Waals surface area (Å²) in [6.45, 7) is 5.43. The van der Waals surface area contributed by atoms with E-state index in [1.807, 2.05) is 36.4 Å². The third kappa shape index (κ3) is 10.1. The van der Waals surface area contributed by atoms with Gasteiger partial charge in [0.2, 0.25) is 11.8 Å². The molecular formula is C47H51FN8O7. The maximum Gasteiger partial charge on any atom is 0.274 e. The van der Waals surface area contributed by atoms with Crippen molar-refractivity contribution in [2.24, 2.45) is 0 Å². The molecule has 2 aromatic heterocycles. The maximum absolute atomic E-state index is 15.0. The van der Waals surface area contributed by atoms with E-state index >= 15 is 4.39 Å². The molecule has 63 heavy (non-hydrogen) atoms. The number of nitrogens with zero attached hydrogens (tertiary/aromatic N) is 6. The summed E-state index contributed by atoms with van der Waals surface area (Å²) in [6, 6.07) is 20.8. The van der Waals surface area contributed by atoms with Gasteiger partial charge in [0.05, 0.1) is 48.2 Å². The summed E-state index contributed by atoms with van der Waals surface area (Å²) in [5.41, 5.74) is 3.12. The molecular weight excluding hydrogens is 808 g/mol. The number of ether oxygens (including phenoxy) is 2. The van der Waals surface area contributed by atoms with E-state index in [-0.39, 0.29) is 53.3 Å². The zero-order valence-corrected chi connectivity index (χ0v) is 35.5. The average Bonchev–Trinajstić information content (AvgIpc) is 3.31. The second kappa shape index (κ2) is 19.3. The molecule has 3 saturated heterocycles. The van der Waals surface area contributed by atoms with Crippen LogP contribution in [-0.2, 0) is 20.7 Å². The second-order valence-electron chi connectivity index (χ2n) is 16.3. The molecule has 0 spiro atoms. The van der Waals surface area contributed by atoms with Gasteiger partial charge in [-0.25, -0.2) is 14.5 Å². The zero-order chi connectivity index (χ0) is 44.0. The number of aromatic nitrogens is 3. The minimum absolute atomic E-state index is 0.00148. The van der Waals surface area contributed by atoms with E-state index in [1.54, 1.807) is 58.3 Å². The van der Waals surface area contributed by atoms with Crippen LogP contribution in [-0.4, -0.2) is 137 Å². The quantitative estimate of drug-likeness (QED) is 0.189. The first-order chi connectivity index (χ1) is 30.5. The lowest BCUT2D eigenvalue weighted by Crippen LogP contribution is -2.53. The van der Waals surface area contributed by atoms with Crippen molar-refractivity contribution in [1.29, 1.82) is 0 Å². The Balaban J connectivity index is 0.771. The number of likely N-dealkylation sites (tertiary alicyclic amines) is 2. The molecule has 2 N–H and O–H groups in total. The van der Waals surface area contributed by atoms with Crippen molar-refractivity contribution < 1.29 is 33.0 Å². The highest BCUT2D eigenvalue weighted by molar-refractivity contribution is 6.02. The van der Waals surface area contributed by atoms with E-state index in [0.717, 1.165) is 37.1 Å². The van der Waals surface area contributed by atoms with E-state index < -0.39 is 11.7 Å². The Kier molecular flexibility index (Phi) is 13.2. The van der Waals surface area contributed by atoms with Crippen LogP contribution in [0.1, 0.15) is 64.7 Å². The molecule has 3 aliphatic rings. The summed E-state index contributed by atoms with van der Waals surface area (Å²) >= 11 is 0. The zero-order valence-electron chi connectivity index (χ0n) is 35.5. The number of carbonyl (C=O) groups excluding carboxylic acids is 4. The van der Waals surface area contributed by atoms with Gasteiger partial charge >= 0.3 is 0 Å². The molecule has 5 aromatic rings. The monoisotopic (exact) mass is 858 g/mol. The predicted octanol–water partition coefficient (Wildman–Crippen LogP) is 4.75. The minimum Gasteiger partial charge on any atom is -0.497 e. The summed E-state index contributed by atoms with van der Waals surface area (Å²) in [5.74, 6) is -0.898. The number of nitrogens with one attached hydrogen (secondary N) is 2. The van der Waals surface area contributed by atoms with Crippen molar-refractivity contribution in [1.82, 2.24) is 34.8 Å². The number of methoxy groups -OCH3 is 1. The maximum atomic E-state index is 15.0. The summed E-state index contributed by atoms with van der Waals surface area (Å²) in [7, 11) is 1.59. The molecule has 0 unspecified atom stereocenters. The number of hydrogen-bond acceptors (Lipinski definition) is 10. The molecule has 8 rings (SSSR count). The number of fused-ring (bicyclic) bond motifs is 1. The number of piperidine rings is 2. The van der Waals surface area contributed by atoms with Crippen molar-refractivity contribution >= 4 is 40.1 Å². The number of benzene rings is 3. The normalized spacial score (nSPS) is 16.6. The summed E-state index contributed by atoms with van der Waals surface area (Å²) in [4.78, 5) is 76.7. The van der Waals surface area contributed by atoms with Crippen LogP contribution in [0.3, 0.4) is 0 Å². The van der Waals surface area contributed by atoms with E-state index in [9.17, 15) is 24.0 Å². The summed E-state index contributed by atoms with van der Waals surface area (Å²) in [6.07, 6.45) is 4.94. The van der Waals surface area contributed by atoms with Gasteiger partial charge < -0.3 is 29.5 Å². The van der Waals surface area contributed by atoms with Crippen molar-refractivity contribution in [3.8, 4) is 16.9 Å². The number of piperazine rings is 1. The summed E-state index contributed by atoms with van der Waals surface area (Å²) in [5, 5.41) is 10.7. The molecule has 3 aliphatic heterocycles. The van der Waals surface area contributed by atoms with Crippen molar-refractivity contribution in [3.63, 3.8) is 0 Å². The largest absolute Gasteiger partial charge is 0.497 e. The highest BCUT2D eigenvalue weighted by atomic mass is 19.1. The SMILES string of the molecule is COc1cccc(-c2cnc(C(=O)N3CCC(OC4CCN(CC(=O)N5CCN(C(=O)c6cc(Cc7n[nH]c(=O)c8ccccc78)ccc6F)CC5)CC4)CC3)c(NC(C)=O)c2)c1. The Labute approximate surface area is 364 Å². The molecule has 3 aromatic carbocycles. The van der Waals surface area contributed by atoms with Gasteiger partial charge in [-0.3, -0.25) is 28.9 Å². The van der Waals surface area contributed by atoms with Crippen molar-refractivity contribution in [2.75, 3.05) is 71.3 Å². The number of H-pyrrole nitrogens is 1. The van der Waals surface area contributed by atoms with Gasteiger partial charge in [0.25, 0.3) is 17.4 Å². The van der Waals surface area contributed by atoms with Crippen LogP contribution in [0.2, 0.25) is 0 Å². The Morgan fingerprint density at radius 3 is 2.17 bits per heavy atom. The number of amides is 4. The minimum atomic E-state index is -0.617. The highest BCUT2D eigenvalue weighted by Gasteiger charge is 2.32. The fourth-order valence-electron chi connectivity index (χ4n) is 8.67. The lowest BCUT2D eigenvalue weighted by Gasteiger charge is -2.38. The summed E-state index contributed by atoms with van der Waals surface area (Å²) < 4.78 is 26.9. The molecule has 0 aliphatic carbocycles. The molecule has 3 fully saturated rings. The lowest BCUT2D eigenvalue weighted by molar-refractivity contribution is -0.135. The number of pyridine rings is 1. The van der Waals surface area contributed by atoms with E-state index in [4.69, 9.17) is 9.47 Å². The molecule has 0 radical (unpaired) electrons. The van der Waals surface area contributed by atoms with Gasteiger partial charge in [-0.15, -0.1) is 0 Å². The van der Waals surface area contributed by atoms with Crippen LogP contribution in [0.15, 0.2) is 83.8 Å². The number of halogens is 1. The third-order valence-electron chi connectivity index (χ3n) is 12.1. The standard InChI is InChI=1S/C47H51FN8O7/c1-30(57)50-42-27-33(32-6-5-7-36(26-32)62-2)28-49-44(42)47(61)55-18-14-35(15-19-55)63-34-12-16-53(17-13-34)29-43(58)54-20-22-56(23-21-54)46(60)39-24-31(10-11-40(39)48)25-41-37-8-3-4-9-38(37)45(59)52-51-41/h3-11,24,26-28,34-35H,12-23,25,29H2,1-2H3,(H,50,57)(H,52,59). The Morgan fingerprint density at radius 1 is 0.778 bits per heavy atom. The predicted molar refractivity (Wildman–Crippen MR) is 234 cm³/mol.